The number of fused-ring (bicyclic) bond motifs is 1. The van der Waals surface area contributed by atoms with E-state index in [1.807, 2.05) is 24.9 Å². The van der Waals surface area contributed by atoms with Crippen molar-refractivity contribution >= 4 is 23.1 Å². The molecule has 3 heterocycles. The van der Waals surface area contributed by atoms with Gasteiger partial charge in [0.15, 0.2) is 0 Å². The van der Waals surface area contributed by atoms with Crippen LogP contribution in [0.5, 0.6) is 0 Å². The van der Waals surface area contributed by atoms with Gasteiger partial charge >= 0.3 is 12.2 Å². The van der Waals surface area contributed by atoms with Crippen LogP contribution in [-0.4, -0.2) is 59.4 Å². The van der Waals surface area contributed by atoms with E-state index in [9.17, 15) is 9.59 Å². The van der Waals surface area contributed by atoms with E-state index in [2.05, 4.69) is 22.0 Å². The van der Waals surface area contributed by atoms with Crippen molar-refractivity contribution < 1.29 is 19.1 Å². The fourth-order valence-corrected chi connectivity index (χ4v) is 5.07. The molecule has 0 bridgehead atoms. The normalized spacial score (nSPS) is 19.6. The van der Waals surface area contributed by atoms with Crippen molar-refractivity contribution in [3.8, 4) is 11.3 Å². The summed E-state index contributed by atoms with van der Waals surface area (Å²) in [5, 5.41) is 10.5. The highest BCUT2D eigenvalue weighted by molar-refractivity contribution is 5.88. The second-order valence-electron chi connectivity index (χ2n) is 13.0. The molecular weight excluding hydrogens is 496 g/mol. The lowest BCUT2D eigenvalue weighted by Crippen LogP contribution is -2.47. The number of hydrogen-bond acceptors (Lipinski definition) is 7. The first kappa shape index (κ1) is 27.1. The third-order valence-corrected chi connectivity index (χ3v) is 7.19. The maximum absolute atomic E-state index is 12.9. The quantitative estimate of drug-likeness (QED) is 0.386. The SMILES string of the molecule is Cc1nc(-c2cn(C3CC(CN(C(=O)OC(C)(C)C)C(=O)OC(C)(C)C)C3)nc2C2CC2)cc2c1cnn2C. The topological polar surface area (TPSA) is 104 Å². The maximum Gasteiger partial charge on any atom is 0.419 e. The number of pyridine rings is 1. The minimum atomic E-state index is -0.713. The van der Waals surface area contributed by atoms with Crippen LogP contribution in [0.15, 0.2) is 18.5 Å². The van der Waals surface area contributed by atoms with Gasteiger partial charge in [-0.1, -0.05) is 0 Å². The van der Waals surface area contributed by atoms with E-state index in [-0.39, 0.29) is 18.5 Å². The monoisotopic (exact) mass is 536 g/mol. The molecular formula is C29H40N6O4. The molecule has 0 spiro atoms. The summed E-state index contributed by atoms with van der Waals surface area (Å²) in [6, 6.07) is 2.30. The van der Waals surface area contributed by atoms with E-state index in [4.69, 9.17) is 19.6 Å². The Hall–Kier alpha value is -3.43. The second kappa shape index (κ2) is 9.64. The molecule has 0 saturated heterocycles. The Morgan fingerprint density at radius 3 is 2.23 bits per heavy atom. The lowest BCUT2D eigenvalue weighted by molar-refractivity contribution is -0.00641. The largest absolute Gasteiger partial charge is 0.443 e. The Morgan fingerprint density at radius 1 is 1.05 bits per heavy atom. The van der Waals surface area contributed by atoms with Gasteiger partial charge in [-0.3, -0.25) is 14.3 Å². The molecule has 210 valence electrons. The van der Waals surface area contributed by atoms with Crippen molar-refractivity contribution in [2.45, 2.75) is 97.3 Å². The number of imide groups is 1. The van der Waals surface area contributed by atoms with Crippen LogP contribution in [0, 0.1) is 12.8 Å². The average molecular weight is 537 g/mol. The summed E-state index contributed by atoms with van der Waals surface area (Å²) >= 11 is 0. The van der Waals surface area contributed by atoms with Crippen LogP contribution in [0.25, 0.3) is 22.2 Å². The van der Waals surface area contributed by atoms with Gasteiger partial charge in [-0.2, -0.15) is 10.2 Å². The third kappa shape index (κ3) is 5.94. The smallest absolute Gasteiger partial charge is 0.419 e. The van der Waals surface area contributed by atoms with Gasteiger partial charge in [-0.15, -0.1) is 0 Å². The van der Waals surface area contributed by atoms with E-state index in [0.29, 0.717) is 5.92 Å². The number of hydrogen-bond donors (Lipinski definition) is 0. The van der Waals surface area contributed by atoms with Crippen LogP contribution in [0.1, 0.15) is 90.6 Å². The third-order valence-electron chi connectivity index (χ3n) is 7.19. The van der Waals surface area contributed by atoms with Crippen LogP contribution in [0.3, 0.4) is 0 Å². The predicted octanol–water partition coefficient (Wildman–Crippen LogP) is 6.14. The molecule has 0 N–H and O–H groups in total. The lowest BCUT2D eigenvalue weighted by Gasteiger charge is -2.38. The molecule has 2 saturated carbocycles. The summed E-state index contributed by atoms with van der Waals surface area (Å²) in [6.07, 6.45) is 6.53. The fraction of sp³-hybridized carbons (Fsp3) is 0.621. The Labute approximate surface area is 229 Å². The molecule has 3 aromatic rings. The van der Waals surface area contributed by atoms with E-state index < -0.39 is 23.4 Å². The van der Waals surface area contributed by atoms with Crippen LogP contribution in [0.4, 0.5) is 9.59 Å². The van der Waals surface area contributed by atoms with Crippen molar-refractivity contribution in [2.75, 3.05) is 6.54 Å². The minimum absolute atomic E-state index is 0.137. The van der Waals surface area contributed by atoms with Gasteiger partial charge in [-0.25, -0.2) is 14.5 Å². The first-order valence-corrected chi connectivity index (χ1v) is 13.8. The Kier molecular flexibility index (Phi) is 6.71. The number of amides is 2. The average Bonchev–Trinajstić information content (AvgIpc) is 3.41. The number of nitrogens with zero attached hydrogens (tertiary/aromatic N) is 6. The summed E-state index contributed by atoms with van der Waals surface area (Å²) < 4.78 is 15.0. The van der Waals surface area contributed by atoms with Crippen LogP contribution < -0.4 is 0 Å². The molecule has 2 amide bonds. The van der Waals surface area contributed by atoms with Gasteiger partial charge in [0, 0.05) is 42.4 Å². The van der Waals surface area contributed by atoms with Gasteiger partial charge in [0.2, 0.25) is 0 Å². The van der Waals surface area contributed by atoms with Crippen molar-refractivity contribution in [1.82, 2.24) is 29.4 Å². The number of rotatable bonds is 5. The molecule has 2 aliphatic rings. The number of carbonyl (C=O) groups is 2. The zero-order valence-electron chi connectivity index (χ0n) is 24.3. The highest BCUT2D eigenvalue weighted by atomic mass is 16.6. The molecule has 10 heteroatoms. The zero-order chi connectivity index (χ0) is 28.3. The molecule has 2 aliphatic carbocycles. The van der Waals surface area contributed by atoms with Crippen molar-refractivity contribution in [1.29, 1.82) is 0 Å². The zero-order valence-corrected chi connectivity index (χ0v) is 24.3. The maximum atomic E-state index is 12.9. The molecule has 0 radical (unpaired) electrons. The number of carbonyl (C=O) groups excluding carboxylic acids is 2. The van der Waals surface area contributed by atoms with E-state index in [1.165, 1.54) is 0 Å². The Morgan fingerprint density at radius 2 is 1.67 bits per heavy atom. The van der Waals surface area contributed by atoms with Gasteiger partial charge in [0.25, 0.3) is 0 Å². The second-order valence-corrected chi connectivity index (χ2v) is 13.0. The van der Waals surface area contributed by atoms with E-state index >= 15 is 0 Å². The molecule has 3 aromatic heterocycles. The Balaban J connectivity index is 1.33. The van der Waals surface area contributed by atoms with Crippen LogP contribution in [0.2, 0.25) is 0 Å². The van der Waals surface area contributed by atoms with Gasteiger partial charge in [0.05, 0.1) is 29.1 Å². The van der Waals surface area contributed by atoms with Gasteiger partial charge in [0.1, 0.15) is 11.2 Å². The van der Waals surface area contributed by atoms with Crippen molar-refractivity contribution in [3.05, 3.63) is 29.8 Å². The first-order chi connectivity index (χ1) is 18.2. The molecule has 0 aromatic carbocycles. The summed E-state index contributed by atoms with van der Waals surface area (Å²) in [5.74, 6) is 0.606. The van der Waals surface area contributed by atoms with Gasteiger partial charge in [-0.05, 0) is 86.1 Å². The molecule has 10 nitrogen and oxygen atoms in total. The number of aryl methyl sites for hydroxylation is 2. The molecule has 0 unspecified atom stereocenters. The van der Waals surface area contributed by atoms with Crippen molar-refractivity contribution in [2.24, 2.45) is 13.0 Å². The van der Waals surface area contributed by atoms with Crippen molar-refractivity contribution in [3.63, 3.8) is 0 Å². The van der Waals surface area contributed by atoms with Crippen LogP contribution in [-0.2, 0) is 16.5 Å². The summed E-state index contributed by atoms with van der Waals surface area (Å²) in [7, 11) is 1.95. The fourth-order valence-electron chi connectivity index (χ4n) is 5.07. The van der Waals surface area contributed by atoms with Gasteiger partial charge < -0.3 is 9.47 Å². The molecule has 5 rings (SSSR count). The predicted molar refractivity (Wildman–Crippen MR) is 147 cm³/mol. The molecule has 39 heavy (non-hydrogen) atoms. The molecule has 2 fully saturated rings. The minimum Gasteiger partial charge on any atom is -0.443 e. The molecule has 0 aliphatic heterocycles. The summed E-state index contributed by atoms with van der Waals surface area (Å²) in [6.45, 7) is 13.0. The highest BCUT2D eigenvalue weighted by Crippen LogP contribution is 2.46. The first-order valence-electron chi connectivity index (χ1n) is 13.8. The number of ether oxygens (including phenoxy) is 2. The lowest BCUT2D eigenvalue weighted by atomic mass is 9.80. The summed E-state index contributed by atoms with van der Waals surface area (Å²) in [5.41, 5.74) is 3.70. The number of aromatic nitrogens is 5. The standard InChI is InChI=1S/C29H40N6O4/c1-17-21-14-30-33(8)24(21)13-23(31-17)22-16-35(32-25(22)19-9-10-19)20-11-18(12-20)15-34(26(36)38-28(2,3)4)27(37)39-29(5,6)7/h13-14,16,18-20H,9-12,15H2,1-8H3. The van der Waals surface area contributed by atoms with Crippen LogP contribution >= 0.6 is 0 Å². The van der Waals surface area contributed by atoms with E-state index in [1.54, 1.807) is 41.5 Å². The highest BCUT2D eigenvalue weighted by Gasteiger charge is 2.39. The van der Waals surface area contributed by atoms with E-state index in [0.717, 1.165) is 64.1 Å². The Bertz CT molecular complexity index is 1370. The summed E-state index contributed by atoms with van der Waals surface area (Å²) in [4.78, 5) is 31.8. The molecule has 0 atom stereocenters.